The zero-order valence-electron chi connectivity index (χ0n) is 9.67. The zero-order chi connectivity index (χ0) is 11.9. The summed E-state index contributed by atoms with van der Waals surface area (Å²) < 4.78 is 0. The van der Waals surface area contributed by atoms with Gasteiger partial charge in [0.25, 0.3) is 0 Å². The maximum absolute atomic E-state index is 9.06. The molecule has 0 unspecified atom stereocenters. The number of halogens is 1. The third-order valence-electron chi connectivity index (χ3n) is 4.07. The van der Waals surface area contributed by atoms with Crippen molar-refractivity contribution in [2.45, 2.75) is 25.7 Å². The maximum Gasteiger partial charge on any atom is 0.101 e. The molecule has 17 heavy (non-hydrogen) atoms. The lowest BCUT2D eigenvalue weighted by molar-refractivity contribution is 0.467. The lowest BCUT2D eigenvalue weighted by Gasteiger charge is -2.16. The number of anilines is 1. The standard InChI is InChI=1S/C14H15ClN2/c15-12-3-4-13(10(7-12)8-16)17-9-14(5-6-14)11-1-2-11/h3-4,7,11,17H,1-2,5-6,9H2. The fourth-order valence-corrected chi connectivity index (χ4v) is 2.79. The van der Waals surface area contributed by atoms with E-state index in [4.69, 9.17) is 16.9 Å². The van der Waals surface area contributed by atoms with Crippen molar-refractivity contribution in [3.63, 3.8) is 0 Å². The number of hydrogen-bond donors (Lipinski definition) is 1. The van der Waals surface area contributed by atoms with Gasteiger partial charge < -0.3 is 5.32 Å². The molecule has 2 nitrogen and oxygen atoms in total. The summed E-state index contributed by atoms with van der Waals surface area (Å²) in [5.41, 5.74) is 2.11. The molecule has 0 amide bonds. The molecule has 0 bridgehead atoms. The first-order chi connectivity index (χ1) is 8.23. The van der Waals surface area contributed by atoms with Crippen LogP contribution in [-0.4, -0.2) is 6.54 Å². The minimum Gasteiger partial charge on any atom is -0.383 e. The van der Waals surface area contributed by atoms with Crippen LogP contribution in [0.1, 0.15) is 31.2 Å². The van der Waals surface area contributed by atoms with Crippen molar-refractivity contribution in [2.24, 2.45) is 11.3 Å². The maximum atomic E-state index is 9.06. The Labute approximate surface area is 107 Å². The average molecular weight is 247 g/mol. The Morgan fingerprint density at radius 3 is 2.76 bits per heavy atom. The SMILES string of the molecule is N#Cc1cc(Cl)ccc1NCC1(C2CC2)CC1. The molecule has 0 radical (unpaired) electrons. The summed E-state index contributed by atoms with van der Waals surface area (Å²) in [5.74, 6) is 0.938. The number of nitrogens with one attached hydrogen (secondary N) is 1. The van der Waals surface area contributed by atoms with Crippen LogP contribution < -0.4 is 5.32 Å². The van der Waals surface area contributed by atoms with Crippen LogP contribution in [0.4, 0.5) is 5.69 Å². The smallest absolute Gasteiger partial charge is 0.101 e. The van der Waals surface area contributed by atoms with E-state index in [0.717, 1.165) is 18.2 Å². The van der Waals surface area contributed by atoms with Gasteiger partial charge in [-0.25, -0.2) is 0 Å². The highest BCUT2D eigenvalue weighted by atomic mass is 35.5. The summed E-state index contributed by atoms with van der Waals surface area (Å²) in [7, 11) is 0. The minimum atomic E-state index is 0.548. The van der Waals surface area contributed by atoms with Crippen LogP contribution in [0, 0.1) is 22.7 Å². The van der Waals surface area contributed by atoms with Crippen LogP contribution in [0.25, 0.3) is 0 Å². The molecule has 2 saturated carbocycles. The number of hydrogen-bond acceptors (Lipinski definition) is 2. The van der Waals surface area contributed by atoms with E-state index < -0.39 is 0 Å². The van der Waals surface area contributed by atoms with Crippen molar-refractivity contribution in [3.05, 3.63) is 28.8 Å². The van der Waals surface area contributed by atoms with E-state index >= 15 is 0 Å². The minimum absolute atomic E-state index is 0.548. The summed E-state index contributed by atoms with van der Waals surface area (Å²) in [6.45, 7) is 1.01. The van der Waals surface area contributed by atoms with Crippen LogP contribution in [0.2, 0.25) is 5.02 Å². The Morgan fingerprint density at radius 1 is 1.41 bits per heavy atom. The van der Waals surface area contributed by atoms with Gasteiger partial charge in [0, 0.05) is 11.6 Å². The second kappa shape index (κ2) is 3.92. The van der Waals surface area contributed by atoms with E-state index in [1.54, 1.807) is 6.07 Å². The normalized spacial score (nSPS) is 20.7. The van der Waals surface area contributed by atoms with Crippen LogP contribution >= 0.6 is 11.6 Å². The summed E-state index contributed by atoms with van der Waals surface area (Å²) in [5, 5.41) is 13.1. The number of nitriles is 1. The van der Waals surface area contributed by atoms with Crippen molar-refractivity contribution in [1.29, 1.82) is 5.26 Å². The summed E-state index contributed by atoms with van der Waals surface area (Å²) in [4.78, 5) is 0. The lowest BCUT2D eigenvalue weighted by atomic mass is 10.0. The molecule has 3 rings (SSSR count). The fourth-order valence-electron chi connectivity index (χ4n) is 2.62. The van der Waals surface area contributed by atoms with E-state index in [2.05, 4.69) is 11.4 Å². The third-order valence-corrected chi connectivity index (χ3v) is 4.30. The molecule has 0 heterocycles. The largest absolute Gasteiger partial charge is 0.383 e. The predicted molar refractivity (Wildman–Crippen MR) is 69.0 cm³/mol. The van der Waals surface area contributed by atoms with Gasteiger partial charge in [-0.2, -0.15) is 5.26 Å². The quantitative estimate of drug-likeness (QED) is 0.877. The molecule has 2 aliphatic carbocycles. The average Bonchev–Trinajstić information content (AvgIpc) is 3.18. The Hall–Kier alpha value is -1.20. The van der Waals surface area contributed by atoms with Crippen LogP contribution in [0.5, 0.6) is 0 Å². The van der Waals surface area contributed by atoms with Crippen LogP contribution in [-0.2, 0) is 0 Å². The van der Waals surface area contributed by atoms with Gasteiger partial charge in [-0.15, -0.1) is 0 Å². The summed E-state index contributed by atoms with van der Waals surface area (Å²) in [6.07, 6.45) is 5.49. The highest BCUT2D eigenvalue weighted by Gasteiger charge is 2.53. The van der Waals surface area contributed by atoms with E-state index in [1.807, 2.05) is 12.1 Å². The molecular formula is C14H15ClN2. The summed E-state index contributed by atoms with van der Waals surface area (Å²) >= 11 is 5.88. The number of benzene rings is 1. The van der Waals surface area contributed by atoms with Gasteiger partial charge in [0.2, 0.25) is 0 Å². The molecule has 0 saturated heterocycles. The van der Waals surface area contributed by atoms with Gasteiger partial charge in [-0.1, -0.05) is 11.6 Å². The molecule has 0 aromatic heterocycles. The number of nitrogens with zero attached hydrogens (tertiary/aromatic N) is 1. The van der Waals surface area contributed by atoms with Gasteiger partial charge in [0.15, 0.2) is 0 Å². The Balaban J connectivity index is 1.71. The zero-order valence-corrected chi connectivity index (χ0v) is 10.4. The monoisotopic (exact) mass is 246 g/mol. The van der Waals surface area contributed by atoms with Gasteiger partial charge in [0.1, 0.15) is 6.07 Å². The van der Waals surface area contributed by atoms with Crippen LogP contribution in [0.15, 0.2) is 18.2 Å². The molecule has 0 atom stereocenters. The van der Waals surface area contributed by atoms with E-state index in [9.17, 15) is 0 Å². The summed E-state index contributed by atoms with van der Waals surface area (Å²) in [6, 6.07) is 7.66. The first-order valence-corrected chi connectivity index (χ1v) is 6.55. The molecule has 1 aromatic carbocycles. The highest BCUT2D eigenvalue weighted by molar-refractivity contribution is 6.30. The van der Waals surface area contributed by atoms with Gasteiger partial charge in [-0.3, -0.25) is 0 Å². The molecule has 0 aliphatic heterocycles. The molecule has 0 spiro atoms. The molecule has 3 heteroatoms. The second-order valence-corrected chi connectivity index (χ2v) is 5.73. The first-order valence-electron chi connectivity index (χ1n) is 6.17. The Bertz CT molecular complexity index is 481. The topological polar surface area (TPSA) is 35.8 Å². The number of rotatable bonds is 4. The van der Waals surface area contributed by atoms with Crippen molar-refractivity contribution in [2.75, 3.05) is 11.9 Å². The van der Waals surface area contributed by atoms with Crippen molar-refractivity contribution < 1.29 is 0 Å². The molecule has 2 aliphatic rings. The molecule has 1 aromatic rings. The van der Waals surface area contributed by atoms with Crippen LogP contribution in [0.3, 0.4) is 0 Å². The molecule has 88 valence electrons. The molecular weight excluding hydrogens is 232 g/mol. The first kappa shape index (κ1) is 10.9. The Morgan fingerprint density at radius 2 is 2.18 bits per heavy atom. The lowest BCUT2D eigenvalue weighted by Crippen LogP contribution is -2.17. The van der Waals surface area contributed by atoms with Crippen molar-refractivity contribution >= 4 is 17.3 Å². The second-order valence-electron chi connectivity index (χ2n) is 5.29. The molecule has 2 fully saturated rings. The molecule has 1 N–H and O–H groups in total. The van der Waals surface area contributed by atoms with Gasteiger partial charge in [0.05, 0.1) is 11.3 Å². The van der Waals surface area contributed by atoms with Crippen molar-refractivity contribution in [3.8, 4) is 6.07 Å². The van der Waals surface area contributed by atoms with E-state index in [-0.39, 0.29) is 0 Å². The van der Waals surface area contributed by atoms with E-state index in [0.29, 0.717) is 16.0 Å². The highest BCUT2D eigenvalue weighted by Crippen LogP contribution is 2.61. The Kier molecular flexibility index (Phi) is 2.52. The van der Waals surface area contributed by atoms with Gasteiger partial charge in [-0.05, 0) is 55.2 Å². The third kappa shape index (κ3) is 2.12. The fraction of sp³-hybridized carbons (Fsp3) is 0.500. The van der Waals surface area contributed by atoms with Gasteiger partial charge >= 0.3 is 0 Å². The van der Waals surface area contributed by atoms with Crippen molar-refractivity contribution in [1.82, 2.24) is 0 Å². The predicted octanol–water partition coefficient (Wildman–Crippen LogP) is 3.81. The van der Waals surface area contributed by atoms with E-state index in [1.165, 1.54) is 25.7 Å².